The number of nitrogens with zero attached hydrogens (tertiary/aromatic N) is 1. The highest BCUT2D eigenvalue weighted by molar-refractivity contribution is 6.16. The molecule has 3 aromatic carbocycles. The van der Waals surface area contributed by atoms with Gasteiger partial charge in [-0.1, -0.05) is 72.8 Å². The molecule has 150 valence electrons. The molecule has 4 nitrogen and oxygen atoms in total. The number of hydrogen-bond acceptors (Lipinski definition) is 3. The molecule has 1 aliphatic heterocycles. The van der Waals surface area contributed by atoms with E-state index in [9.17, 15) is 14.7 Å². The Hall–Kier alpha value is -3.66. The van der Waals surface area contributed by atoms with Gasteiger partial charge in [0.05, 0.1) is 11.6 Å². The highest BCUT2D eigenvalue weighted by Crippen LogP contribution is 2.42. The molecule has 1 aliphatic rings. The molecule has 30 heavy (non-hydrogen) atoms. The molecule has 0 saturated heterocycles. The third-order valence-electron chi connectivity index (χ3n) is 5.51. The van der Waals surface area contributed by atoms with Crippen LogP contribution in [0.5, 0.6) is 0 Å². The number of carbonyl (C=O) groups is 2. The van der Waals surface area contributed by atoms with Crippen LogP contribution < -0.4 is 4.90 Å². The monoisotopic (exact) mass is 397 g/mol. The molecule has 1 atom stereocenters. The molecule has 4 rings (SSSR count). The summed E-state index contributed by atoms with van der Waals surface area (Å²) in [4.78, 5) is 27.8. The number of aryl methyl sites for hydroxylation is 2. The summed E-state index contributed by atoms with van der Waals surface area (Å²) < 4.78 is 0. The van der Waals surface area contributed by atoms with Crippen LogP contribution in [0.4, 0.5) is 5.69 Å². The number of aliphatic hydroxyl groups is 1. The Morgan fingerprint density at radius 3 is 2.17 bits per heavy atom. The van der Waals surface area contributed by atoms with Gasteiger partial charge in [-0.2, -0.15) is 0 Å². The number of rotatable bonds is 6. The van der Waals surface area contributed by atoms with E-state index >= 15 is 0 Å². The standard InChI is InChI=1S/C26H23NO3/c1-18-10-8-9-15-21(18)24-23(22(28)17-16-19-11-4-2-5-12-19)25(29)26(30)27(24)20-13-6-3-7-14-20/h2-15,24,29H,16-17H2,1H3. The number of para-hydroxylation sites is 1. The summed E-state index contributed by atoms with van der Waals surface area (Å²) in [5.74, 6) is -1.21. The van der Waals surface area contributed by atoms with E-state index in [2.05, 4.69) is 0 Å². The fourth-order valence-electron chi connectivity index (χ4n) is 3.97. The molecule has 0 bridgehead atoms. The zero-order chi connectivity index (χ0) is 21.1. The van der Waals surface area contributed by atoms with E-state index in [4.69, 9.17) is 0 Å². The largest absolute Gasteiger partial charge is 0.503 e. The lowest BCUT2D eigenvalue weighted by Gasteiger charge is -2.28. The van der Waals surface area contributed by atoms with Crippen molar-refractivity contribution in [2.24, 2.45) is 0 Å². The van der Waals surface area contributed by atoms with E-state index in [1.165, 1.54) is 4.90 Å². The van der Waals surface area contributed by atoms with Crippen LogP contribution in [0, 0.1) is 6.92 Å². The molecule has 4 heteroatoms. The van der Waals surface area contributed by atoms with Crippen LogP contribution in [0.1, 0.15) is 29.2 Å². The van der Waals surface area contributed by atoms with Gasteiger partial charge in [-0.05, 0) is 42.2 Å². The third kappa shape index (κ3) is 3.64. The quantitative estimate of drug-likeness (QED) is 0.630. The van der Waals surface area contributed by atoms with Gasteiger partial charge in [-0.25, -0.2) is 0 Å². The molecular formula is C26H23NO3. The molecule has 3 aromatic rings. The minimum Gasteiger partial charge on any atom is -0.503 e. The molecule has 1 unspecified atom stereocenters. The van der Waals surface area contributed by atoms with Gasteiger partial charge >= 0.3 is 0 Å². The number of amides is 1. The smallest absolute Gasteiger partial charge is 0.294 e. The van der Waals surface area contributed by atoms with Gasteiger partial charge in [0.1, 0.15) is 0 Å². The second-order valence-corrected chi connectivity index (χ2v) is 7.44. The maximum absolute atomic E-state index is 13.2. The first-order chi connectivity index (χ1) is 14.6. The average molecular weight is 397 g/mol. The number of ketones is 1. The summed E-state index contributed by atoms with van der Waals surface area (Å²) in [6, 6.07) is 25.9. The second kappa shape index (κ2) is 8.37. The van der Waals surface area contributed by atoms with Crippen molar-refractivity contribution >= 4 is 17.4 Å². The maximum Gasteiger partial charge on any atom is 0.294 e. The SMILES string of the molecule is Cc1ccccc1C1C(C(=O)CCc2ccccc2)=C(O)C(=O)N1c1ccccc1. The van der Waals surface area contributed by atoms with Crippen LogP contribution in [0.3, 0.4) is 0 Å². The maximum atomic E-state index is 13.2. The van der Waals surface area contributed by atoms with Crippen LogP contribution in [0.2, 0.25) is 0 Å². The Balaban J connectivity index is 1.74. The molecule has 0 aliphatic carbocycles. The number of carbonyl (C=O) groups excluding carboxylic acids is 2. The van der Waals surface area contributed by atoms with Crippen LogP contribution >= 0.6 is 0 Å². The lowest BCUT2D eigenvalue weighted by molar-refractivity contribution is -0.118. The average Bonchev–Trinajstić information content (AvgIpc) is 3.04. The lowest BCUT2D eigenvalue weighted by atomic mass is 9.91. The molecule has 0 spiro atoms. The Morgan fingerprint density at radius 1 is 0.900 bits per heavy atom. The number of hydrogen-bond donors (Lipinski definition) is 1. The third-order valence-corrected chi connectivity index (χ3v) is 5.51. The van der Waals surface area contributed by atoms with Crippen LogP contribution in [-0.2, 0) is 16.0 Å². The first-order valence-corrected chi connectivity index (χ1v) is 10.0. The molecule has 0 fully saturated rings. The summed E-state index contributed by atoms with van der Waals surface area (Å²) in [5.41, 5.74) is 3.66. The van der Waals surface area contributed by atoms with Crippen molar-refractivity contribution in [1.29, 1.82) is 0 Å². The van der Waals surface area contributed by atoms with Crippen molar-refractivity contribution in [3.63, 3.8) is 0 Å². The fraction of sp³-hybridized carbons (Fsp3) is 0.154. The van der Waals surface area contributed by atoms with Crippen molar-refractivity contribution in [2.75, 3.05) is 4.90 Å². The number of Topliss-reactive ketones (excluding diaryl/α,β-unsaturated/α-hetero) is 1. The van der Waals surface area contributed by atoms with E-state index in [0.717, 1.165) is 16.7 Å². The normalized spacial score (nSPS) is 16.2. The summed E-state index contributed by atoms with van der Waals surface area (Å²) >= 11 is 0. The minimum absolute atomic E-state index is 0.175. The predicted octanol–water partition coefficient (Wildman–Crippen LogP) is 5.10. The van der Waals surface area contributed by atoms with Gasteiger partial charge in [-0.3, -0.25) is 14.5 Å². The van der Waals surface area contributed by atoms with Crippen molar-refractivity contribution in [3.05, 3.63) is 113 Å². The Kier molecular flexibility index (Phi) is 5.48. The highest BCUT2D eigenvalue weighted by atomic mass is 16.3. The summed E-state index contributed by atoms with van der Waals surface area (Å²) in [5, 5.41) is 10.7. The molecule has 0 saturated carbocycles. The first kappa shape index (κ1) is 19.6. The van der Waals surface area contributed by atoms with Gasteiger partial charge in [0.2, 0.25) is 0 Å². The van der Waals surface area contributed by atoms with Crippen molar-refractivity contribution in [2.45, 2.75) is 25.8 Å². The van der Waals surface area contributed by atoms with Crippen LogP contribution in [0.15, 0.2) is 96.3 Å². The number of benzene rings is 3. The van der Waals surface area contributed by atoms with Gasteiger partial charge < -0.3 is 5.11 Å². The second-order valence-electron chi connectivity index (χ2n) is 7.44. The van der Waals surface area contributed by atoms with E-state index in [1.54, 1.807) is 0 Å². The molecule has 1 amide bonds. The minimum atomic E-state index is -0.649. The van der Waals surface area contributed by atoms with E-state index in [-0.39, 0.29) is 17.8 Å². The molecule has 1 heterocycles. The number of anilines is 1. The van der Waals surface area contributed by atoms with Crippen LogP contribution in [-0.4, -0.2) is 16.8 Å². The predicted molar refractivity (Wildman–Crippen MR) is 117 cm³/mol. The van der Waals surface area contributed by atoms with E-state index in [1.807, 2.05) is 91.9 Å². The van der Waals surface area contributed by atoms with Gasteiger partial charge in [0.25, 0.3) is 5.91 Å². The van der Waals surface area contributed by atoms with E-state index in [0.29, 0.717) is 12.1 Å². The zero-order valence-corrected chi connectivity index (χ0v) is 16.8. The summed E-state index contributed by atoms with van der Waals surface area (Å²) in [7, 11) is 0. The highest BCUT2D eigenvalue weighted by Gasteiger charge is 2.44. The number of aliphatic hydroxyl groups excluding tert-OH is 1. The van der Waals surface area contributed by atoms with Crippen molar-refractivity contribution in [1.82, 2.24) is 0 Å². The summed E-state index contributed by atoms with van der Waals surface area (Å²) in [6.07, 6.45) is 0.776. The molecule has 0 aromatic heterocycles. The van der Waals surface area contributed by atoms with Gasteiger partial charge in [0, 0.05) is 12.1 Å². The molecule has 1 N–H and O–H groups in total. The summed E-state index contributed by atoms with van der Waals surface area (Å²) in [6.45, 7) is 1.95. The molecular weight excluding hydrogens is 374 g/mol. The topological polar surface area (TPSA) is 57.6 Å². The Morgan fingerprint density at radius 2 is 1.50 bits per heavy atom. The van der Waals surface area contributed by atoms with Gasteiger partial charge in [-0.15, -0.1) is 0 Å². The Bertz CT molecular complexity index is 1100. The fourth-order valence-corrected chi connectivity index (χ4v) is 3.97. The lowest BCUT2D eigenvalue weighted by Crippen LogP contribution is -2.31. The van der Waals surface area contributed by atoms with E-state index < -0.39 is 17.7 Å². The van der Waals surface area contributed by atoms with Crippen molar-refractivity contribution in [3.8, 4) is 0 Å². The van der Waals surface area contributed by atoms with Crippen LogP contribution in [0.25, 0.3) is 0 Å². The molecule has 0 radical (unpaired) electrons. The zero-order valence-electron chi connectivity index (χ0n) is 16.8. The van der Waals surface area contributed by atoms with Crippen molar-refractivity contribution < 1.29 is 14.7 Å². The first-order valence-electron chi connectivity index (χ1n) is 10.0. The Labute approximate surface area is 176 Å². The van der Waals surface area contributed by atoms with Gasteiger partial charge in [0.15, 0.2) is 11.5 Å².